The van der Waals surface area contributed by atoms with Crippen LogP contribution in [0.1, 0.15) is 13.8 Å². The van der Waals surface area contributed by atoms with Gasteiger partial charge in [0, 0.05) is 18.0 Å². The molecule has 0 aliphatic heterocycles. The van der Waals surface area contributed by atoms with Crippen LogP contribution in [0.4, 0.5) is 0 Å². The standard InChI is InChI=1S/C10H14NS/c1-3-11(4-2)12-10-8-6-5-7-9-10/h5-8H,3-4H2,1-2H3. The molecule has 0 heterocycles. The van der Waals surface area contributed by atoms with Gasteiger partial charge < -0.3 is 0 Å². The Morgan fingerprint density at radius 3 is 2.58 bits per heavy atom. The van der Waals surface area contributed by atoms with Gasteiger partial charge in [0.15, 0.2) is 0 Å². The smallest absolute Gasteiger partial charge is 0.0309 e. The number of nitrogens with zero attached hydrogens (tertiary/aromatic N) is 1. The number of benzene rings is 1. The van der Waals surface area contributed by atoms with Gasteiger partial charge in [-0.1, -0.05) is 32.0 Å². The van der Waals surface area contributed by atoms with Gasteiger partial charge in [-0.25, -0.2) is 4.31 Å². The van der Waals surface area contributed by atoms with Crippen LogP contribution in [0.25, 0.3) is 0 Å². The molecule has 65 valence electrons. The monoisotopic (exact) mass is 180 g/mol. The van der Waals surface area contributed by atoms with E-state index >= 15 is 0 Å². The van der Waals surface area contributed by atoms with Gasteiger partial charge in [-0.05, 0) is 24.1 Å². The van der Waals surface area contributed by atoms with Crippen molar-refractivity contribution in [2.24, 2.45) is 0 Å². The zero-order chi connectivity index (χ0) is 8.81. The van der Waals surface area contributed by atoms with Gasteiger partial charge in [0.05, 0.1) is 0 Å². The molecule has 1 nitrogen and oxygen atoms in total. The molecule has 0 spiro atoms. The van der Waals surface area contributed by atoms with Gasteiger partial charge in [-0.3, -0.25) is 0 Å². The zero-order valence-corrected chi connectivity index (χ0v) is 8.40. The molecule has 0 atom stereocenters. The Balaban J connectivity index is 2.51. The van der Waals surface area contributed by atoms with Gasteiger partial charge >= 0.3 is 0 Å². The van der Waals surface area contributed by atoms with Crippen LogP contribution < -0.4 is 0 Å². The van der Waals surface area contributed by atoms with Crippen LogP contribution >= 0.6 is 11.9 Å². The molecule has 0 N–H and O–H groups in total. The van der Waals surface area contributed by atoms with Crippen LogP contribution in [0.15, 0.2) is 29.2 Å². The van der Waals surface area contributed by atoms with Crippen molar-refractivity contribution >= 4 is 11.9 Å². The fourth-order valence-corrected chi connectivity index (χ4v) is 1.72. The molecule has 0 saturated carbocycles. The number of rotatable bonds is 4. The van der Waals surface area contributed by atoms with Gasteiger partial charge in [0.25, 0.3) is 0 Å². The van der Waals surface area contributed by atoms with Crippen LogP contribution in [0.3, 0.4) is 0 Å². The maximum atomic E-state index is 3.19. The van der Waals surface area contributed by atoms with E-state index < -0.39 is 0 Å². The normalized spacial score (nSPS) is 10.6. The average molecular weight is 180 g/mol. The van der Waals surface area contributed by atoms with Gasteiger partial charge in [-0.2, -0.15) is 0 Å². The quantitative estimate of drug-likeness (QED) is 0.655. The van der Waals surface area contributed by atoms with E-state index in [1.165, 1.54) is 4.90 Å². The lowest BCUT2D eigenvalue weighted by Crippen LogP contribution is -2.13. The minimum Gasteiger partial charge on any atom is -0.247 e. The molecule has 0 aliphatic rings. The van der Waals surface area contributed by atoms with Gasteiger partial charge in [0.1, 0.15) is 0 Å². The molecular weight excluding hydrogens is 166 g/mol. The number of hydrogen-bond acceptors (Lipinski definition) is 2. The highest BCUT2D eigenvalue weighted by atomic mass is 32.2. The third-order valence-corrected chi connectivity index (χ3v) is 2.84. The van der Waals surface area contributed by atoms with Crippen molar-refractivity contribution in [3.8, 4) is 0 Å². The molecule has 1 rings (SSSR count). The Labute approximate surface area is 78.9 Å². The van der Waals surface area contributed by atoms with Crippen molar-refractivity contribution in [3.05, 3.63) is 30.3 Å². The van der Waals surface area contributed by atoms with Crippen LogP contribution in [0.5, 0.6) is 0 Å². The molecule has 1 aromatic rings. The van der Waals surface area contributed by atoms with Crippen LogP contribution in [-0.4, -0.2) is 17.4 Å². The largest absolute Gasteiger partial charge is 0.247 e. The SMILES string of the molecule is CCN(CC)Sc1[c]cccc1. The van der Waals surface area contributed by atoms with E-state index in [-0.39, 0.29) is 0 Å². The second-order valence-electron chi connectivity index (χ2n) is 2.43. The summed E-state index contributed by atoms with van der Waals surface area (Å²) in [6, 6.07) is 11.3. The molecule has 1 aromatic carbocycles. The molecule has 0 unspecified atom stereocenters. The summed E-state index contributed by atoms with van der Waals surface area (Å²) in [4.78, 5) is 1.20. The Hall–Kier alpha value is -0.470. The minimum atomic E-state index is 1.07. The summed E-state index contributed by atoms with van der Waals surface area (Å²) in [7, 11) is 0. The van der Waals surface area contributed by atoms with Crippen LogP contribution in [-0.2, 0) is 0 Å². The summed E-state index contributed by atoms with van der Waals surface area (Å²) in [5.41, 5.74) is 0. The van der Waals surface area contributed by atoms with Crippen molar-refractivity contribution in [2.45, 2.75) is 18.7 Å². The Kier molecular flexibility index (Phi) is 4.19. The summed E-state index contributed by atoms with van der Waals surface area (Å²) in [6.45, 7) is 6.48. The third kappa shape index (κ3) is 2.88. The van der Waals surface area contributed by atoms with Crippen LogP contribution in [0, 0.1) is 6.07 Å². The van der Waals surface area contributed by atoms with E-state index in [0.29, 0.717) is 0 Å². The topological polar surface area (TPSA) is 3.24 Å². The molecule has 1 radical (unpaired) electrons. The Morgan fingerprint density at radius 1 is 1.33 bits per heavy atom. The Bertz CT molecular complexity index is 206. The highest BCUT2D eigenvalue weighted by Crippen LogP contribution is 2.20. The summed E-state index contributed by atoms with van der Waals surface area (Å²) in [5, 5.41) is 0. The molecular formula is C10H14NS. The van der Waals surface area contributed by atoms with Crippen molar-refractivity contribution in [3.63, 3.8) is 0 Å². The van der Waals surface area contributed by atoms with E-state index in [1.54, 1.807) is 11.9 Å². The molecule has 0 fully saturated rings. The fraction of sp³-hybridized carbons (Fsp3) is 0.400. The first-order valence-electron chi connectivity index (χ1n) is 4.26. The van der Waals surface area contributed by atoms with Crippen molar-refractivity contribution < 1.29 is 0 Å². The lowest BCUT2D eigenvalue weighted by atomic mass is 10.4. The van der Waals surface area contributed by atoms with Crippen molar-refractivity contribution in [1.82, 2.24) is 4.31 Å². The predicted octanol–water partition coefficient (Wildman–Crippen LogP) is 2.84. The highest BCUT2D eigenvalue weighted by molar-refractivity contribution is 7.97. The summed E-state index contributed by atoms with van der Waals surface area (Å²) in [6.07, 6.45) is 0. The Morgan fingerprint density at radius 2 is 2.08 bits per heavy atom. The molecule has 0 saturated heterocycles. The summed E-state index contributed by atoms with van der Waals surface area (Å²) in [5.74, 6) is 0. The molecule has 12 heavy (non-hydrogen) atoms. The maximum absolute atomic E-state index is 3.19. The fourth-order valence-electron chi connectivity index (χ4n) is 0.925. The molecule has 2 heteroatoms. The van der Waals surface area contributed by atoms with E-state index in [4.69, 9.17) is 0 Å². The third-order valence-electron chi connectivity index (χ3n) is 1.61. The van der Waals surface area contributed by atoms with Gasteiger partial charge in [-0.15, -0.1) is 0 Å². The van der Waals surface area contributed by atoms with Crippen LogP contribution in [0.2, 0.25) is 0 Å². The first-order valence-corrected chi connectivity index (χ1v) is 5.03. The van der Waals surface area contributed by atoms with Gasteiger partial charge in [0.2, 0.25) is 0 Å². The van der Waals surface area contributed by atoms with Crippen molar-refractivity contribution in [1.29, 1.82) is 0 Å². The molecule has 0 aliphatic carbocycles. The average Bonchev–Trinajstić information content (AvgIpc) is 2.16. The molecule has 0 bridgehead atoms. The highest BCUT2D eigenvalue weighted by Gasteiger charge is 2.00. The predicted molar refractivity (Wildman–Crippen MR) is 54.1 cm³/mol. The first-order chi connectivity index (χ1) is 5.86. The zero-order valence-electron chi connectivity index (χ0n) is 7.58. The van der Waals surface area contributed by atoms with E-state index in [2.05, 4.69) is 30.3 Å². The van der Waals surface area contributed by atoms with E-state index in [1.807, 2.05) is 18.2 Å². The second-order valence-corrected chi connectivity index (χ2v) is 3.57. The van der Waals surface area contributed by atoms with E-state index in [9.17, 15) is 0 Å². The second kappa shape index (κ2) is 5.22. The maximum Gasteiger partial charge on any atom is 0.0309 e. The summed E-state index contributed by atoms with van der Waals surface area (Å²) < 4.78 is 2.30. The minimum absolute atomic E-state index is 1.07. The van der Waals surface area contributed by atoms with Crippen molar-refractivity contribution in [2.75, 3.05) is 13.1 Å². The molecule has 0 amide bonds. The first kappa shape index (κ1) is 9.62. The number of hydrogen-bond donors (Lipinski definition) is 0. The van der Waals surface area contributed by atoms with E-state index in [0.717, 1.165) is 13.1 Å². The summed E-state index contributed by atoms with van der Waals surface area (Å²) >= 11 is 1.77. The molecule has 0 aromatic heterocycles. The lowest BCUT2D eigenvalue weighted by molar-refractivity contribution is 0.525. The lowest BCUT2D eigenvalue weighted by Gasteiger charge is -2.15.